The maximum atomic E-state index is 14.0. The molecule has 9 N–H and O–H groups in total. The Balaban J connectivity index is 1.34. The summed E-state index contributed by atoms with van der Waals surface area (Å²) in [6, 6.07) is 0. The first kappa shape index (κ1) is 66.8. The highest BCUT2D eigenvalue weighted by Gasteiger charge is 2.59. The van der Waals surface area contributed by atoms with Crippen molar-refractivity contribution >= 4 is 17.9 Å². The molecule has 4 bridgehead atoms. The van der Waals surface area contributed by atoms with Gasteiger partial charge in [0.25, 0.3) is 0 Å². The largest absolute Gasteiger partial charge is 0.457 e. The second-order valence-corrected chi connectivity index (χ2v) is 22.9. The molecule has 25 nitrogen and oxygen atoms in total. The lowest BCUT2D eigenvalue weighted by Gasteiger charge is -2.51. The van der Waals surface area contributed by atoms with E-state index in [1.807, 2.05) is 0 Å². The van der Waals surface area contributed by atoms with E-state index in [1.54, 1.807) is 34.6 Å². The van der Waals surface area contributed by atoms with Gasteiger partial charge in [-0.3, -0.25) is 14.4 Å². The van der Waals surface area contributed by atoms with E-state index >= 15 is 0 Å². The lowest BCUT2D eigenvalue weighted by Crippen LogP contribution is -2.68. The minimum Gasteiger partial charge on any atom is -0.457 e. The lowest BCUT2D eigenvalue weighted by atomic mass is 9.95. The Bertz CT molecular complexity index is 1880. The highest BCUT2D eigenvalue weighted by molar-refractivity contribution is 5.72. The summed E-state index contributed by atoms with van der Waals surface area (Å²) in [5.41, 5.74) is 0. The van der Waals surface area contributed by atoms with Gasteiger partial charge in [0.2, 0.25) is 0 Å². The number of hydrogen-bond donors (Lipinski definition) is 9. The normalized spacial score (nSPS) is 44.3. The molecular weight excluding hydrogens is 1060 g/mol. The number of hydrogen-bond acceptors (Lipinski definition) is 25. The molecule has 7 aliphatic rings. The standard InChI is InChI=1S/C55H94O25/c1-10-12-18-21-31-22-19-16-14-13-15-17-20-23-33(57)74-46-41(65)54(77-43-28(7)68-51(72-31)39(63)37(43)61)70-29(8)44(46)79-55-48(76-50(67)26(5)11-2)47(80-53-38(62)35(59)34(58)32(24-56)73-53)45(30(9)71-55)78-52-40(64)36(60)42(27(6)69-52)75-49(66)25(3)4/h25-32,34-48,51-56,58-65H,10-24H2,1-9H3/t26-,27+,28+,29+,30+,31-,32+,34+,35-,36+,37-,38+,39-,40+,41-,42+,43+,44+,45+,46-,47-,48+,51+,52-,53-,54+,55-/m1/s1. The third kappa shape index (κ3) is 16.7. The van der Waals surface area contributed by atoms with Crippen LogP contribution in [0, 0.1) is 11.8 Å². The van der Waals surface area contributed by atoms with E-state index in [0.717, 1.165) is 64.2 Å². The van der Waals surface area contributed by atoms with E-state index in [0.29, 0.717) is 12.8 Å². The Morgan fingerprint density at radius 2 is 1.09 bits per heavy atom. The van der Waals surface area contributed by atoms with Crippen LogP contribution >= 0.6 is 0 Å². The number of unbranched alkanes of at least 4 members (excludes halogenated alkanes) is 2. The zero-order valence-electron chi connectivity index (χ0n) is 47.8. The Morgan fingerprint density at radius 1 is 0.525 bits per heavy atom. The first-order chi connectivity index (χ1) is 38.0. The molecule has 0 radical (unpaired) electrons. The molecule has 7 heterocycles. The van der Waals surface area contributed by atoms with Crippen LogP contribution in [0.2, 0.25) is 0 Å². The van der Waals surface area contributed by atoms with Crippen LogP contribution in [0.25, 0.3) is 0 Å². The molecular formula is C55H94O25. The van der Waals surface area contributed by atoms with Gasteiger partial charge in [0.15, 0.2) is 49.8 Å². The van der Waals surface area contributed by atoms with E-state index in [2.05, 4.69) is 6.92 Å². The number of esters is 3. The number of aliphatic hydroxyl groups is 9. The van der Waals surface area contributed by atoms with Crippen molar-refractivity contribution in [2.24, 2.45) is 11.8 Å². The zero-order chi connectivity index (χ0) is 58.7. The topological polar surface area (TPSA) is 353 Å². The molecule has 7 fully saturated rings. The summed E-state index contributed by atoms with van der Waals surface area (Å²) in [5, 5.41) is 101. The number of aliphatic hydroxyl groups excluding tert-OH is 9. The van der Waals surface area contributed by atoms with Crippen LogP contribution in [0.5, 0.6) is 0 Å². The minimum atomic E-state index is -2.02. The van der Waals surface area contributed by atoms with Gasteiger partial charge in [-0.25, -0.2) is 0 Å². The van der Waals surface area contributed by atoms with Crippen molar-refractivity contribution in [2.45, 2.75) is 312 Å². The number of carbonyl (C=O) groups excluding carboxylic acids is 3. The maximum Gasteiger partial charge on any atom is 0.309 e. The summed E-state index contributed by atoms with van der Waals surface area (Å²) in [6.45, 7) is 13.8. The average Bonchev–Trinajstić information content (AvgIpc) is 3.45. The fraction of sp³-hybridized carbons (Fsp3) is 0.945. The minimum absolute atomic E-state index is 0.0449. The smallest absolute Gasteiger partial charge is 0.309 e. The van der Waals surface area contributed by atoms with Crippen molar-refractivity contribution < 1.29 is 122 Å². The van der Waals surface area contributed by atoms with Gasteiger partial charge in [0.05, 0.1) is 49.0 Å². The van der Waals surface area contributed by atoms with Crippen LogP contribution < -0.4 is 0 Å². The van der Waals surface area contributed by atoms with Gasteiger partial charge < -0.3 is 108 Å². The maximum absolute atomic E-state index is 14.0. The molecule has 0 unspecified atom stereocenters. The third-order valence-corrected chi connectivity index (χ3v) is 16.2. The molecule has 0 aromatic heterocycles. The summed E-state index contributed by atoms with van der Waals surface area (Å²) >= 11 is 0. The molecule has 0 aromatic rings. The fourth-order valence-electron chi connectivity index (χ4n) is 10.9. The molecule has 7 rings (SSSR count). The summed E-state index contributed by atoms with van der Waals surface area (Å²) in [7, 11) is 0. The second kappa shape index (κ2) is 31.2. The second-order valence-electron chi connectivity index (χ2n) is 22.9. The quantitative estimate of drug-likeness (QED) is 0.0592. The van der Waals surface area contributed by atoms with E-state index < -0.39 is 190 Å². The third-order valence-electron chi connectivity index (χ3n) is 16.2. The Hall–Kier alpha value is -2.35. The fourth-order valence-corrected chi connectivity index (χ4v) is 10.9. The summed E-state index contributed by atoms with van der Waals surface area (Å²) in [5.74, 6) is -3.57. The SMILES string of the molecule is CCCCC[C@@H]1CCCCCCCCCC(=O)O[C@@H]2[C@@H](O)[C@H](O[C@@H]3[C@H](O)[C@@H](O)[C@H](O1)O[C@H]3C)O[C@@H](C)[C@@H]2O[C@H]1O[C@@H](C)[C@H](O[C@H]2O[C@@H](C)[C@H](OC(=O)C(C)C)[C@@H](O)[C@@H]2O)[C@@H](O[C@H]2O[C@@H](CO)[C@H](O)[C@@H](O)[C@@H]2O)[C@@H]1OC(=O)[C@H](C)CC. The Morgan fingerprint density at radius 3 is 1.75 bits per heavy atom. The van der Waals surface area contributed by atoms with Crippen molar-refractivity contribution in [3.05, 3.63) is 0 Å². The van der Waals surface area contributed by atoms with Crippen LogP contribution in [0.15, 0.2) is 0 Å². The number of fused-ring (bicyclic) bond motifs is 14. The van der Waals surface area contributed by atoms with Crippen molar-refractivity contribution in [1.82, 2.24) is 0 Å². The van der Waals surface area contributed by atoms with Crippen LogP contribution in [-0.4, -0.2) is 230 Å². The van der Waals surface area contributed by atoms with Gasteiger partial charge in [-0.15, -0.1) is 0 Å². The predicted octanol–water partition coefficient (Wildman–Crippen LogP) is 1.04. The highest BCUT2D eigenvalue weighted by atomic mass is 16.8. The zero-order valence-corrected chi connectivity index (χ0v) is 47.8. The van der Waals surface area contributed by atoms with Gasteiger partial charge >= 0.3 is 17.9 Å². The average molecular weight is 1160 g/mol. The van der Waals surface area contributed by atoms with Crippen molar-refractivity contribution in [3.63, 3.8) is 0 Å². The van der Waals surface area contributed by atoms with E-state index in [-0.39, 0.29) is 18.9 Å². The number of carbonyl (C=O) groups is 3. The Kier molecular flexibility index (Phi) is 26.0. The summed E-state index contributed by atoms with van der Waals surface area (Å²) in [6.07, 6.45) is -29.4. The van der Waals surface area contributed by atoms with E-state index in [4.69, 9.17) is 61.6 Å². The molecule has 7 aliphatic heterocycles. The van der Waals surface area contributed by atoms with Crippen LogP contribution in [0.1, 0.15) is 152 Å². The molecule has 0 aromatic carbocycles. The monoisotopic (exact) mass is 1150 g/mol. The highest BCUT2D eigenvalue weighted by Crippen LogP contribution is 2.39. The van der Waals surface area contributed by atoms with Gasteiger partial charge in [-0.2, -0.15) is 0 Å². The van der Waals surface area contributed by atoms with Crippen LogP contribution in [0.4, 0.5) is 0 Å². The van der Waals surface area contributed by atoms with E-state index in [9.17, 15) is 60.3 Å². The van der Waals surface area contributed by atoms with Crippen LogP contribution in [0.3, 0.4) is 0 Å². The van der Waals surface area contributed by atoms with Gasteiger partial charge in [-0.05, 0) is 53.4 Å². The molecule has 0 aliphatic carbocycles. The lowest BCUT2D eigenvalue weighted by molar-refractivity contribution is -0.398. The molecule has 7 saturated heterocycles. The van der Waals surface area contributed by atoms with Crippen molar-refractivity contribution in [2.75, 3.05) is 6.61 Å². The number of ether oxygens (including phenoxy) is 13. The molecule has 80 heavy (non-hydrogen) atoms. The van der Waals surface area contributed by atoms with E-state index in [1.165, 1.54) is 20.8 Å². The molecule has 0 saturated carbocycles. The molecule has 25 heteroatoms. The molecule has 27 atom stereocenters. The molecule has 0 spiro atoms. The van der Waals surface area contributed by atoms with Gasteiger partial charge in [0, 0.05) is 6.42 Å². The molecule has 0 amide bonds. The predicted molar refractivity (Wildman–Crippen MR) is 275 cm³/mol. The Labute approximate surface area is 469 Å². The first-order valence-corrected chi connectivity index (χ1v) is 29.2. The summed E-state index contributed by atoms with van der Waals surface area (Å²) < 4.78 is 80.6. The van der Waals surface area contributed by atoms with Crippen LogP contribution in [-0.2, 0) is 76.0 Å². The van der Waals surface area contributed by atoms with Crippen molar-refractivity contribution in [3.8, 4) is 0 Å². The van der Waals surface area contributed by atoms with Gasteiger partial charge in [-0.1, -0.05) is 92.4 Å². The first-order valence-electron chi connectivity index (χ1n) is 29.2. The van der Waals surface area contributed by atoms with Crippen molar-refractivity contribution in [1.29, 1.82) is 0 Å². The van der Waals surface area contributed by atoms with Gasteiger partial charge in [0.1, 0.15) is 79.4 Å². The molecule has 464 valence electrons. The summed E-state index contributed by atoms with van der Waals surface area (Å²) in [4.78, 5) is 40.5. The number of rotatable bonds is 16.